The third-order valence-electron chi connectivity index (χ3n) is 4.84. The van der Waals surface area contributed by atoms with Gasteiger partial charge in [-0.3, -0.25) is 14.4 Å². The lowest BCUT2D eigenvalue weighted by Gasteiger charge is -2.39. The lowest BCUT2D eigenvalue weighted by atomic mass is 9.74. The number of carboxylic acid groups (broad SMARTS) is 1. The van der Waals surface area contributed by atoms with Crippen molar-refractivity contribution >= 4 is 17.8 Å². The summed E-state index contributed by atoms with van der Waals surface area (Å²) in [6.07, 6.45) is 3.00. The molecule has 2 amide bonds. The average Bonchev–Trinajstić information content (AvgIpc) is 2.84. The summed E-state index contributed by atoms with van der Waals surface area (Å²) in [5.41, 5.74) is -0.831. The van der Waals surface area contributed by atoms with E-state index >= 15 is 0 Å². The van der Waals surface area contributed by atoms with Gasteiger partial charge in [-0.25, -0.2) is 0 Å². The van der Waals surface area contributed by atoms with E-state index in [1.54, 1.807) is 23.6 Å². The van der Waals surface area contributed by atoms with Crippen LogP contribution in [0, 0.1) is 11.3 Å². The van der Waals surface area contributed by atoms with E-state index in [9.17, 15) is 19.5 Å². The van der Waals surface area contributed by atoms with Crippen molar-refractivity contribution in [2.45, 2.75) is 39.5 Å². The Labute approximate surface area is 125 Å². The number of carboxylic acids is 1. The number of rotatable bonds is 4. The Hall–Kier alpha value is -1.59. The SMILES string of the molecule is CC(C)(C(=O)O)C1CCCN(C(=O)CN2CCCC2=O)C1. The molecule has 2 saturated heterocycles. The van der Waals surface area contributed by atoms with Gasteiger partial charge < -0.3 is 14.9 Å². The van der Waals surface area contributed by atoms with Gasteiger partial charge in [0, 0.05) is 26.1 Å². The van der Waals surface area contributed by atoms with E-state index in [4.69, 9.17) is 0 Å². The molecule has 0 radical (unpaired) electrons. The summed E-state index contributed by atoms with van der Waals surface area (Å²) in [5, 5.41) is 9.33. The van der Waals surface area contributed by atoms with Gasteiger partial charge in [0.05, 0.1) is 12.0 Å². The highest BCUT2D eigenvalue weighted by atomic mass is 16.4. The zero-order chi connectivity index (χ0) is 15.6. The second-order valence-electron chi connectivity index (χ2n) is 6.62. The summed E-state index contributed by atoms with van der Waals surface area (Å²) in [5.74, 6) is -0.877. The number of hydrogen-bond donors (Lipinski definition) is 1. The van der Waals surface area contributed by atoms with Crippen LogP contribution in [-0.2, 0) is 14.4 Å². The van der Waals surface area contributed by atoms with Crippen molar-refractivity contribution in [1.82, 2.24) is 9.80 Å². The molecule has 2 fully saturated rings. The summed E-state index contributed by atoms with van der Waals surface area (Å²) in [7, 11) is 0. The fraction of sp³-hybridized carbons (Fsp3) is 0.800. The molecular formula is C15H24N2O4. The molecular weight excluding hydrogens is 272 g/mol. The molecule has 0 aromatic carbocycles. The van der Waals surface area contributed by atoms with Crippen molar-refractivity contribution in [2.24, 2.45) is 11.3 Å². The number of likely N-dealkylation sites (tertiary alicyclic amines) is 2. The smallest absolute Gasteiger partial charge is 0.309 e. The third-order valence-corrected chi connectivity index (χ3v) is 4.84. The monoisotopic (exact) mass is 296 g/mol. The molecule has 0 spiro atoms. The zero-order valence-electron chi connectivity index (χ0n) is 12.8. The molecule has 21 heavy (non-hydrogen) atoms. The van der Waals surface area contributed by atoms with Crippen molar-refractivity contribution in [2.75, 3.05) is 26.2 Å². The summed E-state index contributed by atoms with van der Waals surface area (Å²) >= 11 is 0. The van der Waals surface area contributed by atoms with E-state index in [1.807, 2.05) is 0 Å². The Balaban J connectivity index is 1.95. The largest absolute Gasteiger partial charge is 0.481 e. The van der Waals surface area contributed by atoms with Gasteiger partial charge in [0.1, 0.15) is 0 Å². The Morgan fingerprint density at radius 3 is 2.57 bits per heavy atom. The number of carbonyl (C=O) groups is 3. The van der Waals surface area contributed by atoms with Gasteiger partial charge in [-0.2, -0.15) is 0 Å². The van der Waals surface area contributed by atoms with Crippen LogP contribution in [0.5, 0.6) is 0 Å². The maximum Gasteiger partial charge on any atom is 0.309 e. The first-order valence-electron chi connectivity index (χ1n) is 7.61. The number of amides is 2. The molecule has 2 aliphatic heterocycles. The van der Waals surface area contributed by atoms with E-state index in [0.29, 0.717) is 26.1 Å². The predicted molar refractivity (Wildman–Crippen MR) is 76.5 cm³/mol. The lowest BCUT2D eigenvalue weighted by molar-refractivity contribution is -0.153. The molecule has 6 nitrogen and oxygen atoms in total. The standard InChI is InChI=1S/C15H24N2O4/c1-15(2,14(20)21)11-5-3-7-16(9-11)13(19)10-17-8-4-6-12(17)18/h11H,3-10H2,1-2H3,(H,20,21). The van der Waals surface area contributed by atoms with Crippen molar-refractivity contribution in [1.29, 1.82) is 0 Å². The Morgan fingerprint density at radius 2 is 2.00 bits per heavy atom. The Bertz CT molecular complexity index is 447. The molecule has 6 heteroatoms. The number of hydrogen-bond acceptors (Lipinski definition) is 3. The average molecular weight is 296 g/mol. The molecule has 0 aromatic heterocycles. The van der Waals surface area contributed by atoms with Crippen molar-refractivity contribution in [3.05, 3.63) is 0 Å². The zero-order valence-corrected chi connectivity index (χ0v) is 12.8. The van der Waals surface area contributed by atoms with E-state index in [2.05, 4.69) is 0 Å². The molecule has 0 bridgehead atoms. The number of aliphatic carboxylic acids is 1. The minimum atomic E-state index is -0.831. The molecule has 1 atom stereocenters. The first-order chi connectivity index (χ1) is 9.82. The Kier molecular flexibility index (Phi) is 4.54. The second kappa shape index (κ2) is 6.03. The van der Waals surface area contributed by atoms with Crippen LogP contribution >= 0.6 is 0 Å². The predicted octanol–water partition coefficient (Wildman–Crippen LogP) is 0.958. The van der Waals surface area contributed by atoms with Gasteiger partial charge in [0.2, 0.25) is 11.8 Å². The van der Waals surface area contributed by atoms with Crippen molar-refractivity contribution in [3.8, 4) is 0 Å². The van der Waals surface area contributed by atoms with Gasteiger partial charge in [-0.05, 0) is 39.0 Å². The quantitative estimate of drug-likeness (QED) is 0.838. The number of nitrogens with zero attached hydrogens (tertiary/aromatic N) is 2. The molecule has 0 aliphatic carbocycles. The third kappa shape index (κ3) is 3.36. The summed E-state index contributed by atoms with van der Waals surface area (Å²) in [4.78, 5) is 38.6. The maximum atomic E-state index is 12.3. The molecule has 2 aliphatic rings. The number of piperidine rings is 1. The fourth-order valence-electron chi connectivity index (χ4n) is 3.10. The molecule has 0 saturated carbocycles. The second-order valence-corrected chi connectivity index (χ2v) is 6.62. The van der Waals surface area contributed by atoms with Crippen LogP contribution in [-0.4, -0.2) is 58.9 Å². The highest BCUT2D eigenvalue weighted by molar-refractivity contribution is 5.86. The van der Waals surface area contributed by atoms with Crippen LogP contribution < -0.4 is 0 Å². The fourth-order valence-corrected chi connectivity index (χ4v) is 3.10. The topological polar surface area (TPSA) is 77.9 Å². The molecule has 2 rings (SSSR count). The van der Waals surface area contributed by atoms with E-state index in [1.165, 1.54) is 0 Å². The summed E-state index contributed by atoms with van der Waals surface area (Å²) < 4.78 is 0. The van der Waals surface area contributed by atoms with Crippen molar-refractivity contribution < 1.29 is 19.5 Å². The van der Waals surface area contributed by atoms with Gasteiger partial charge in [-0.1, -0.05) is 0 Å². The molecule has 0 aromatic rings. The Morgan fingerprint density at radius 1 is 1.29 bits per heavy atom. The van der Waals surface area contributed by atoms with E-state index in [-0.39, 0.29) is 24.3 Å². The highest BCUT2D eigenvalue weighted by Crippen LogP contribution is 2.34. The summed E-state index contributed by atoms with van der Waals surface area (Å²) in [6.45, 7) is 5.37. The van der Waals surface area contributed by atoms with Crippen LogP contribution in [0.1, 0.15) is 39.5 Å². The van der Waals surface area contributed by atoms with Gasteiger partial charge in [0.15, 0.2) is 0 Å². The van der Waals surface area contributed by atoms with Crippen LogP contribution in [0.4, 0.5) is 0 Å². The highest BCUT2D eigenvalue weighted by Gasteiger charge is 2.40. The van der Waals surface area contributed by atoms with Gasteiger partial charge in [0.25, 0.3) is 0 Å². The minimum Gasteiger partial charge on any atom is -0.481 e. The van der Waals surface area contributed by atoms with E-state index in [0.717, 1.165) is 19.3 Å². The maximum absolute atomic E-state index is 12.3. The van der Waals surface area contributed by atoms with Crippen LogP contribution in [0.2, 0.25) is 0 Å². The van der Waals surface area contributed by atoms with Gasteiger partial charge >= 0.3 is 5.97 Å². The molecule has 1 unspecified atom stereocenters. The van der Waals surface area contributed by atoms with Crippen molar-refractivity contribution in [3.63, 3.8) is 0 Å². The van der Waals surface area contributed by atoms with E-state index < -0.39 is 11.4 Å². The van der Waals surface area contributed by atoms with Gasteiger partial charge in [-0.15, -0.1) is 0 Å². The summed E-state index contributed by atoms with van der Waals surface area (Å²) in [6, 6.07) is 0. The van der Waals surface area contributed by atoms with Crippen LogP contribution in [0.3, 0.4) is 0 Å². The van der Waals surface area contributed by atoms with Crippen LogP contribution in [0.15, 0.2) is 0 Å². The number of carbonyl (C=O) groups excluding carboxylic acids is 2. The normalized spacial score (nSPS) is 23.5. The first kappa shape index (κ1) is 15.8. The molecule has 2 heterocycles. The molecule has 118 valence electrons. The lowest BCUT2D eigenvalue weighted by Crippen LogP contribution is -2.49. The minimum absolute atomic E-state index is 0.0398. The van der Waals surface area contributed by atoms with Crippen LogP contribution in [0.25, 0.3) is 0 Å². The molecule has 1 N–H and O–H groups in total. The first-order valence-corrected chi connectivity index (χ1v) is 7.61.